The second kappa shape index (κ2) is 6.48. The number of fused-ring (bicyclic) bond motifs is 1. The van der Waals surface area contributed by atoms with E-state index in [1.54, 1.807) is 6.20 Å². The Morgan fingerprint density at radius 1 is 1.19 bits per heavy atom. The molecule has 1 amide bonds. The minimum atomic E-state index is 0.132. The zero-order valence-corrected chi connectivity index (χ0v) is 15.6. The predicted molar refractivity (Wildman–Crippen MR) is 105 cm³/mol. The minimum Gasteiger partial charge on any atom is -0.338 e. The summed E-state index contributed by atoms with van der Waals surface area (Å²) < 4.78 is 2.39. The lowest BCUT2D eigenvalue weighted by Crippen LogP contribution is -2.29. The summed E-state index contributed by atoms with van der Waals surface area (Å²) in [7, 11) is 0. The van der Waals surface area contributed by atoms with Crippen LogP contribution in [0.3, 0.4) is 0 Å². The van der Waals surface area contributed by atoms with Gasteiger partial charge in [-0.2, -0.15) is 0 Å². The Balaban J connectivity index is 1.30. The molecule has 1 aliphatic heterocycles. The molecule has 0 spiro atoms. The molecule has 5 rings (SSSR count). The summed E-state index contributed by atoms with van der Waals surface area (Å²) >= 11 is 0. The number of aromatic nitrogens is 3. The van der Waals surface area contributed by atoms with Crippen LogP contribution in [0.2, 0.25) is 0 Å². The van der Waals surface area contributed by atoms with Crippen LogP contribution in [0.4, 0.5) is 0 Å². The van der Waals surface area contributed by atoms with Crippen molar-refractivity contribution in [1.29, 1.82) is 0 Å². The normalized spacial score (nSPS) is 19.7. The maximum absolute atomic E-state index is 13.0. The topological polar surface area (TPSA) is 51.0 Å². The first-order valence-corrected chi connectivity index (χ1v) is 9.85. The van der Waals surface area contributed by atoms with Crippen LogP contribution in [0, 0.1) is 12.8 Å². The second-order valence-corrected chi connectivity index (χ2v) is 7.96. The van der Waals surface area contributed by atoms with Gasteiger partial charge in [0.2, 0.25) is 0 Å². The number of pyridine rings is 1. The number of carbonyl (C=O) groups excluding carboxylic acids is 1. The lowest BCUT2D eigenvalue weighted by Gasteiger charge is -2.18. The molecule has 0 bridgehead atoms. The Hall–Kier alpha value is -2.69. The molecule has 1 saturated carbocycles. The second-order valence-electron chi connectivity index (χ2n) is 7.96. The molecule has 0 N–H and O–H groups in total. The van der Waals surface area contributed by atoms with E-state index in [1.165, 1.54) is 24.4 Å². The summed E-state index contributed by atoms with van der Waals surface area (Å²) in [5.74, 6) is 2.54. The number of aryl methyl sites for hydroxylation is 1. The number of rotatable bonds is 4. The quantitative estimate of drug-likeness (QED) is 0.711. The first kappa shape index (κ1) is 16.5. The maximum atomic E-state index is 13.0. The molecule has 2 aliphatic rings. The molecule has 138 valence electrons. The molecule has 2 aromatic heterocycles. The zero-order valence-electron chi connectivity index (χ0n) is 15.6. The van der Waals surface area contributed by atoms with Gasteiger partial charge in [-0.1, -0.05) is 6.07 Å². The smallest absolute Gasteiger partial charge is 0.253 e. The van der Waals surface area contributed by atoms with E-state index in [1.807, 2.05) is 41.4 Å². The molecule has 1 atom stereocenters. The third-order valence-corrected chi connectivity index (χ3v) is 5.89. The Kier molecular flexibility index (Phi) is 3.96. The molecule has 5 heteroatoms. The number of imidazole rings is 1. The fourth-order valence-corrected chi connectivity index (χ4v) is 4.20. The van der Waals surface area contributed by atoms with Crippen molar-refractivity contribution >= 4 is 16.8 Å². The van der Waals surface area contributed by atoms with Gasteiger partial charge in [0.15, 0.2) is 0 Å². The van der Waals surface area contributed by atoms with Crippen molar-refractivity contribution in [2.45, 2.75) is 38.6 Å². The molecular formula is C22H24N4O. The number of amides is 1. The molecule has 1 aromatic carbocycles. The maximum Gasteiger partial charge on any atom is 0.253 e. The average molecular weight is 360 g/mol. The largest absolute Gasteiger partial charge is 0.338 e. The summed E-state index contributed by atoms with van der Waals surface area (Å²) in [5, 5.41) is 1.02. The molecule has 5 nitrogen and oxygen atoms in total. The number of hydrogen-bond acceptors (Lipinski definition) is 3. The fraction of sp³-hybridized carbons (Fsp3) is 0.409. The van der Waals surface area contributed by atoms with Gasteiger partial charge in [0, 0.05) is 54.6 Å². The van der Waals surface area contributed by atoms with E-state index >= 15 is 0 Å². The van der Waals surface area contributed by atoms with Crippen LogP contribution in [-0.4, -0.2) is 38.4 Å². The van der Waals surface area contributed by atoms with Crippen molar-refractivity contribution in [2.75, 3.05) is 13.1 Å². The monoisotopic (exact) mass is 360 g/mol. The summed E-state index contributed by atoms with van der Waals surface area (Å²) in [4.78, 5) is 23.9. The van der Waals surface area contributed by atoms with Gasteiger partial charge in [0.25, 0.3) is 5.91 Å². The van der Waals surface area contributed by atoms with Gasteiger partial charge in [-0.3, -0.25) is 9.78 Å². The van der Waals surface area contributed by atoms with Crippen LogP contribution in [0.1, 0.15) is 47.1 Å². The highest BCUT2D eigenvalue weighted by Gasteiger charge is 2.32. The summed E-state index contributed by atoms with van der Waals surface area (Å²) in [5.41, 5.74) is 2.92. The molecule has 1 unspecified atom stereocenters. The number of carbonyl (C=O) groups is 1. The molecule has 0 radical (unpaired) electrons. The van der Waals surface area contributed by atoms with Crippen molar-refractivity contribution in [3.63, 3.8) is 0 Å². The molecular weight excluding hydrogens is 336 g/mol. The SMILES string of the molecule is Cc1cnc(C2CC2)n1CC1CCN(C(=O)c2ccc3ncccc3c2)C1. The van der Waals surface area contributed by atoms with E-state index in [-0.39, 0.29) is 5.91 Å². The lowest BCUT2D eigenvalue weighted by atomic mass is 10.1. The van der Waals surface area contributed by atoms with Gasteiger partial charge in [0.05, 0.1) is 5.52 Å². The highest BCUT2D eigenvalue weighted by Crippen LogP contribution is 2.40. The standard InChI is InChI=1S/C22H24N4O/c1-15-12-24-21(17-4-5-17)26(15)14-16-8-10-25(13-16)22(27)19-6-7-20-18(11-19)3-2-9-23-20/h2-3,6-7,9,11-12,16-17H,4-5,8,10,13-14H2,1H3. The Morgan fingerprint density at radius 3 is 2.93 bits per heavy atom. The summed E-state index contributed by atoms with van der Waals surface area (Å²) in [6.45, 7) is 4.77. The molecule has 1 saturated heterocycles. The molecule has 3 heterocycles. The van der Waals surface area contributed by atoms with Gasteiger partial charge in [-0.05, 0) is 56.4 Å². The van der Waals surface area contributed by atoms with Crippen LogP contribution in [-0.2, 0) is 6.54 Å². The van der Waals surface area contributed by atoms with E-state index in [4.69, 9.17) is 0 Å². The minimum absolute atomic E-state index is 0.132. The highest BCUT2D eigenvalue weighted by molar-refractivity contribution is 5.98. The van der Waals surface area contributed by atoms with Gasteiger partial charge in [0.1, 0.15) is 5.82 Å². The number of nitrogens with zero attached hydrogens (tertiary/aromatic N) is 4. The van der Waals surface area contributed by atoms with Crippen molar-refractivity contribution in [3.05, 3.63) is 59.8 Å². The van der Waals surface area contributed by atoms with Crippen molar-refractivity contribution in [3.8, 4) is 0 Å². The molecule has 2 fully saturated rings. The third kappa shape index (κ3) is 3.11. The van der Waals surface area contributed by atoms with Crippen molar-refractivity contribution < 1.29 is 4.79 Å². The van der Waals surface area contributed by atoms with Crippen LogP contribution in [0.25, 0.3) is 10.9 Å². The fourth-order valence-electron chi connectivity index (χ4n) is 4.20. The highest BCUT2D eigenvalue weighted by atomic mass is 16.2. The van der Waals surface area contributed by atoms with Gasteiger partial charge >= 0.3 is 0 Å². The van der Waals surface area contributed by atoms with E-state index < -0.39 is 0 Å². The third-order valence-electron chi connectivity index (χ3n) is 5.89. The lowest BCUT2D eigenvalue weighted by molar-refractivity contribution is 0.0786. The van der Waals surface area contributed by atoms with Crippen LogP contribution < -0.4 is 0 Å². The molecule has 3 aromatic rings. The number of benzene rings is 1. The molecule has 27 heavy (non-hydrogen) atoms. The predicted octanol–water partition coefficient (Wildman–Crippen LogP) is 3.78. The first-order valence-electron chi connectivity index (χ1n) is 9.85. The van der Waals surface area contributed by atoms with Gasteiger partial charge < -0.3 is 9.47 Å². The Morgan fingerprint density at radius 2 is 2.07 bits per heavy atom. The Labute approximate surface area is 159 Å². The van der Waals surface area contributed by atoms with E-state index in [9.17, 15) is 4.79 Å². The number of hydrogen-bond donors (Lipinski definition) is 0. The summed E-state index contributed by atoms with van der Waals surface area (Å²) in [6.07, 6.45) is 7.37. The van der Waals surface area contributed by atoms with Crippen LogP contribution in [0.15, 0.2) is 42.7 Å². The van der Waals surface area contributed by atoms with Crippen molar-refractivity contribution in [2.24, 2.45) is 5.92 Å². The van der Waals surface area contributed by atoms with Crippen LogP contribution in [0.5, 0.6) is 0 Å². The first-order chi connectivity index (χ1) is 13.2. The number of likely N-dealkylation sites (tertiary alicyclic amines) is 1. The Bertz CT molecular complexity index is 1000. The van der Waals surface area contributed by atoms with Crippen molar-refractivity contribution in [1.82, 2.24) is 19.4 Å². The van der Waals surface area contributed by atoms with Crippen LogP contribution >= 0.6 is 0 Å². The summed E-state index contributed by atoms with van der Waals surface area (Å²) in [6, 6.07) is 9.72. The zero-order chi connectivity index (χ0) is 18.4. The van der Waals surface area contributed by atoms with E-state index in [2.05, 4.69) is 21.5 Å². The van der Waals surface area contributed by atoms with Gasteiger partial charge in [-0.15, -0.1) is 0 Å². The average Bonchev–Trinajstić information content (AvgIpc) is 3.33. The molecule has 1 aliphatic carbocycles. The van der Waals surface area contributed by atoms with Gasteiger partial charge in [-0.25, -0.2) is 4.98 Å². The van der Waals surface area contributed by atoms with E-state index in [0.717, 1.165) is 42.5 Å². The van der Waals surface area contributed by atoms with E-state index in [0.29, 0.717) is 11.8 Å².